The highest BCUT2D eigenvalue weighted by molar-refractivity contribution is 5.37. The van der Waals surface area contributed by atoms with Crippen molar-refractivity contribution in [3.05, 3.63) is 54.2 Å². The van der Waals surface area contributed by atoms with Crippen LogP contribution in [-0.4, -0.2) is 23.3 Å². The van der Waals surface area contributed by atoms with Crippen LogP contribution in [0.25, 0.3) is 0 Å². The third kappa shape index (κ3) is 2.65. The van der Waals surface area contributed by atoms with Crippen LogP contribution < -0.4 is 11.2 Å². The fourth-order valence-electron chi connectivity index (χ4n) is 2.22. The standard InChI is InChI=1S/C15H19N7/c1-19-8-9-20(2)14(19)17-12-6-5-7-13(16-12)18-15-21(3)10-11-22(15)4/h5-11H,1-4H3. The molecule has 0 N–H and O–H groups in total. The molecular formula is C15H19N7. The first-order valence-electron chi connectivity index (χ1n) is 6.97. The summed E-state index contributed by atoms with van der Waals surface area (Å²) in [6.45, 7) is 0. The first-order chi connectivity index (χ1) is 10.5. The van der Waals surface area contributed by atoms with E-state index in [0.717, 1.165) is 11.2 Å². The molecule has 0 aliphatic rings. The molecule has 3 aromatic rings. The van der Waals surface area contributed by atoms with Crippen molar-refractivity contribution in [3.63, 3.8) is 0 Å². The summed E-state index contributed by atoms with van der Waals surface area (Å²) in [6, 6.07) is 5.66. The zero-order chi connectivity index (χ0) is 15.7. The number of aryl methyl sites for hydroxylation is 4. The Labute approximate surface area is 128 Å². The van der Waals surface area contributed by atoms with Crippen LogP contribution in [0.4, 0.5) is 11.6 Å². The molecule has 0 bridgehead atoms. The minimum Gasteiger partial charge on any atom is -0.320 e. The van der Waals surface area contributed by atoms with Gasteiger partial charge in [0, 0.05) is 53.0 Å². The van der Waals surface area contributed by atoms with E-state index < -0.39 is 0 Å². The highest BCUT2D eigenvalue weighted by Crippen LogP contribution is 2.13. The van der Waals surface area contributed by atoms with E-state index in [9.17, 15) is 0 Å². The second kappa shape index (κ2) is 5.51. The van der Waals surface area contributed by atoms with Gasteiger partial charge in [0.1, 0.15) is 0 Å². The summed E-state index contributed by atoms with van der Waals surface area (Å²) < 4.78 is 7.79. The second-order valence-corrected chi connectivity index (χ2v) is 5.22. The molecule has 0 amide bonds. The molecule has 3 rings (SSSR count). The predicted octanol–water partition coefficient (Wildman–Crippen LogP) is 0.900. The van der Waals surface area contributed by atoms with E-state index in [1.54, 1.807) is 0 Å². The molecule has 0 aromatic carbocycles. The SMILES string of the molecule is Cn1ccn(C)c1=Nc1cccc(N=c2n(C)ccn2C)n1. The van der Waals surface area contributed by atoms with Gasteiger partial charge in [0.15, 0.2) is 11.6 Å². The third-order valence-corrected chi connectivity index (χ3v) is 3.44. The van der Waals surface area contributed by atoms with Crippen LogP contribution in [0.5, 0.6) is 0 Å². The summed E-state index contributed by atoms with van der Waals surface area (Å²) in [5.41, 5.74) is 1.66. The molecule has 0 saturated carbocycles. The van der Waals surface area contributed by atoms with Crippen molar-refractivity contribution in [2.75, 3.05) is 0 Å². The van der Waals surface area contributed by atoms with Crippen LogP contribution >= 0.6 is 0 Å². The van der Waals surface area contributed by atoms with Crippen LogP contribution in [0.2, 0.25) is 0 Å². The van der Waals surface area contributed by atoms with Gasteiger partial charge in [-0.3, -0.25) is 0 Å². The topological polar surface area (TPSA) is 57.3 Å². The fourth-order valence-corrected chi connectivity index (χ4v) is 2.22. The molecule has 7 nitrogen and oxygen atoms in total. The summed E-state index contributed by atoms with van der Waals surface area (Å²) in [7, 11) is 7.82. The van der Waals surface area contributed by atoms with Crippen molar-refractivity contribution in [1.29, 1.82) is 0 Å². The summed E-state index contributed by atoms with van der Waals surface area (Å²) in [4.78, 5) is 13.7. The largest absolute Gasteiger partial charge is 0.320 e. The number of rotatable bonds is 2. The molecule has 0 atom stereocenters. The molecule has 0 radical (unpaired) electrons. The average molecular weight is 297 g/mol. The summed E-state index contributed by atoms with van der Waals surface area (Å²) in [5.74, 6) is 1.27. The monoisotopic (exact) mass is 297 g/mol. The van der Waals surface area contributed by atoms with Gasteiger partial charge in [-0.25, -0.2) is 4.98 Å². The lowest BCUT2D eigenvalue weighted by atomic mass is 10.4. The average Bonchev–Trinajstić information content (AvgIpc) is 2.98. The molecule has 3 heterocycles. The highest BCUT2D eigenvalue weighted by Gasteiger charge is 1.99. The Morgan fingerprint density at radius 2 is 1.05 bits per heavy atom. The quantitative estimate of drug-likeness (QED) is 0.693. The lowest BCUT2D eigenvalue weighted by Gasteiger charge is -1.99. The van der Waals surface area contributed by atoms with E-state index in [2.05, 4.69) is 15.0 Å². The minimum atomic E-state index is 0.635. The predicted molar refractivity (Wildman–Crippen MR) is 83.5 cm³/mol. The fraction of sp³-hybridized carbons (Fsp3) is 0.267. The molecule has 0 aliphatic heterocycles. The Morgan fingerprint density at radius 3 is 1.41 bits per heavy atom. The maximum absolute atomic E-state index is 4.58. The number of aromatic nitrogens is 5. The Kier molecular flexibility index (Phi) is 3.54. The summed E-state index contributed by atoms with van der Waals surface area (Å²) in [5, 5.41) is 0. The van der Waals surface area contributed by atoms with Gasteiger partial charge < -0.3 is 18.3 Å². The molecule has 22 heavy (non-hydrogen) atoms. The van der Waals surface area contributed by atoms with E-state index in [1.807, 2.05) is 89.4 Å². The maximum atomic E-state index is 4.58. The summed E-state index contributed by atoms with van der Waals surface area (Å²) in [6.07, 6.45) is 7.82. The van der Waals surface area contributed by atoms with Gasteiger partial charge in [-0.1, -0.05) is 6.07 Å². The van der Waals surface area contributed by atoms with E-state index >= 15 is 0 Å². The normalized spacial score (nSPS) is 10.7. The molecule has 0 aliphatic carbocycles. The van der Waals surface area contributed by atoms with Crippen molar-refractivity contribution < 1.29 is 0 Å². The molecule has 7 heteroatoms. The lowest BCUT2D eigenvalue weighted by molar-refractivity contribution is 0.739. The molecular weight excluding hydrogens is 278 g/mol. The number of hydrogen-bond donors (Lipinski definition) is 0. The van der Waals surface area contributed by atoms with Crippen molar-refractivity contribution >= 4 is 11.6 Å². The van der Waals surface area contributed by atoms with Gasteiger partial charge in [-0.15, -0.1) is 0 Å². The van der Waals surface area contributed by atoms with E-state index in [1.165, 1.54) is 0 Å². The highest BCUT2D eigenvalue weighted by atomic mass is 15.2. The van der Waals surface area contributed by atoms with Crippen LogP contribution in [0.3, 0.4) is 0 Å². The first-order valence-corrected chi connectivity index (χ1v) is 6.97. The smallest absolute Gasteiger partial charge is 0.211 e. The molecule has 3 aromatic heterocycles. The van der Waals surface area contributed by atoms with Crippen LogP contribution in [-0.2, 0) is 28.2 Å². The molecule has 114 valence electrons. The minimum absolute atomic E-state index is 0.635. The number of nitrogens with zero attached hydrogens (tertiary/aromatic N) is 7. The maximum Gasteiger partial charge on any atom is 0.211 e. The van der Waals surface area contributed by atoms with Gasteiger partial charge in [0.2, 0.25) is 11.2 Å². The zero-order valence-electron chi connectivity index (χ0n) is 13.2. The molecule has 0 spiro atoms. The molecule has 0 fully saturated rings. The third-order valence-electron chi connectivity index (χ3n) is 3.44. The van der Waals surface area contributed by atoms with Crippen LogP contribution in [0, 0.1) is 0 Å². The van der Waals surface area contributed by atoms with Crippen LogP contribution in [0.1, 0.15) is 0 Å². The Hall–Kier alpha value is -2.83. The van der Waals surface area contributed by atoms with Crippen molar-refractivity contribution in [2.24, 2.45) is 38.2 Å². The lowest BCUT2D eigenvalue weighted by Crippen LogP contribution is -2.21. The molecule has 0 saturated heterocycles. The van der Waals surface area contributed by atoms with Crippen molar-refractivity contribution in [1.82, 2.24) is 23.3 Å². The van der Waals surface area contributed by atoms with E-state index in [0.29, 0.717) is 11.6 Å². The van der Waals surface area contributed by atoms with Gasteiger partial charge in [-0.05, 0) is 12.1 Å². The van der Waals surface area contributed by atoms with Crippen molar-refractivity contribution in [2.45, 2.75) is 0 Å². The zero-order valence-corrected chi connectivity index (χ0v) is 13.2. The van der Waals surface area contributed by atoms with Gasteiger partial charge in [0.25, 0.3) is 0 Å². The first kappa shape index (κ1) is 14.1. The Morgan fingerprint density at radius 1 is 0.682 bits per heavy atom. The van der Waals surface area contributed by atoms with Gasteiger partial charge in [0.05, 0.1) is 0 Å². The second-order valence-electron chi connectivity index (χ2n) is 5.22. The van der Waals surface area contributed by atoms with E-state index in [4.69, 9.17) is 0 Å². The Bertz CT molecular complexity index is 815. The Balaban J connectivity index is 2.09. The van der Waals surface area contributed by atoms with Gasteiger partial charge >= 0.3 is 0 Å². The number of imidazole rings is 2. The number of pyridine rings is 1. The van der Waals surface area contributed by atoms with Crippen molar-refractivity contribution in [3.8, 4) is 0 Å². The van der Waals surface area contributed by atoms with Crippen LogP contribution in [0.15, 0.2) is 53.0 Å². The molecule has 0 unspecified atom stereocenters. The number of hydrogen-bond acceptors (Lipinski definition) is 3. The van der Waals surface area contributed by atoms with Gasteiger partial charge in [-0.2, -0.15) is 9.98 Å². The van der Waals surface area contributed by atoms with E-state index in [-0.39, 0.29) is 0 Å². The summed E-state index contributed by atoms with van der Waals surface area (Å²) >= 11 is 0.